The molecule has 116 valence electrons. The Balaban J connectivity index is 2.58. The Morgan fingerprint density at radius 1 is 1.43 bits per heavy atom. The number of rotatable bonds is 3. The van der Waals surface area contributed by atoms with Gasteiger partial charge in [0.15, 0.2) is 0 Å². The summed E-state index contributed by atoms with van der Waals surface area (Å²) in [6, 6.07) is 1.66. The van der Waals surface area contributed by atoms with E-state index in [2.05, 4.69) is 0 Å². The lowest BCUT2D eigenvalue weighted by molar-refractivity contribution is 0.0696. The van der Waals surface area contributed by atoms with E-state index in [9.17, 15) is 17.6 Å². The summed E-state index contributed by atoms with van der Waals surface area (Å²) in [5, 5.41) is 8.39. The van der Waals surface area contributed by atoms with E-state index >= 15 is 0 Å². The van der Waals surface area contributed by atoms with Gasteiger partial charge >= 0.3 is 5.97 Å². The molecule has 0 spiro atoms. The molecule has 8 heteroatoms. The van der Waals surface area contributed by atoms with Gasteiger partial charge in [-0.3, -0.25) is 0 Å². The molecule has 0 bridgehead atoms. The fourth-order valence-electron chi connectivity index (χ4n) is 2.52. The van der Waals surface area contributed by atoms with Gasteiger partial charge in [-0.15, -0.1) is 0 Å². The minimum Gasteiger partial charge on any atom is -0.478 e. The molecule has 1 N–H and O–H groups in total. The van der Waals surface area contributed by atoms with E-state index in [1.165, 1.54) is 4.31 Å². The number of carboxylic acids is 1. The van der Waals surface area contributed by atoms with Gasteiger partial charge in [-0.25, -0.2) is 17.6 Å². The van der Waals surface area contributed by atoms with Crippen LogP contribution < -0.4 is 0 Å². The maximum atomic E-state index is 13.7. The molecule has 1 aliphatic rings. The molecule has 0 atom stereocenters. The monoisotopic (exact) mass is 335 g/mol. The van der Waals surface area contributed by atoms with Crippen molar-refractivity contribution in [3.05, 3.63) is 28.5 Å². The zero-order valence-corrected chi connectivity index (χ0v) is 13.1. The van der Waals surface area contributed by atoms with Crippen molar-refractivity contribution in [3.8, 4) is 0 Å². The molecule has 1 aromatic rings. The van der Waals surface area contributed by atoms with Crippen LogP contribution in [0.15, 0.2) is 17.0 Å². The van der Waals surface area contributed by atoms with Crippen molar-refractivity contribution in [2.24, 2.45) is 0 Å². The number of carbonyl (C=O) groups is 1. The Kier molecular flexibility index (Phi) is 4.03. The first-order valence-corrected chi connectivity index (χ1v) is 8.14. The molecule has 21 heavy (non-hydrogen) atoms. The molecule has 0 aromatic heterocycles. The number of halogens is 2. The van der Waals surface area contributed by atoms with E-state index in [4.69, 9.17) is 16.7 Å². The van der Waals surface area contributed by atoms with Crippen LogP contribution in [0.1, 0.15) is 37.0 Å². The van der Waals surface area contributed by atoms with Gasteiger partial charge in [-0.1, -0.05) is 11.6 Å². The topological polar surface area (TPSA) is 74.7 Å². The Morgan fingerprint density at radius 3 is 2.52 bits per heavy atom. The third-order valence-electron chi connectivity index (χ3n) is 3.65. The summed E-state index contributed by atoms with van der Waals surface area (Å²) in [6.45, 7) is 3.88. The molecule has 1 fully saturated rings. The second kappa shape index (κ2) is 5.23. The third kappa shape index (κ3) is 2.77. The Bertz CT molecular complexity index is 702. The van der Waals surface area contributed by atoms with Crippen molar-refractivity contribution in [2.75, 3.05) is 6.54 Å². The zero-order chi connectivity index (χ0) is 16.0. The first-order valence-electron chi connectivity index (χ1n) is 6.32. The lowest BCUT2D eigenvalue weighted by Crippen LogP contribution is -2.42. The number of hydrogen-bond donors (Lipinski definition) is 1. The van der Waals surface area contributed by atoms with Gasteiger partial charge in [0, 0.05) is 12.1 Å². The van der Waals surface area contributed by atoms with Crippen LogP contribution in [-0.4, -0.2) is 35.9 Å². The molecular weight excluding hydrogens is 321 g/mol. The van der Waals surface area contributed by atoms with E-state index in [1.54, 1.807) is 13.8 Å². The third-order valence-corrected chi connectivity index (χ3v) is 6.12. The molecule has 0 unspecified atom stereocenters. The highest BCUT2D eigenvalue weighted by atomic mass is 35.5. The second-order valence-corrected chi connectivity index (χ2v) is 7.81. The molecule has 2 rings (SSSR count). The lowest BCUT2D eigenvalue weighted by Gasteiger charge is -2.30. The number of sulfonamides is 1. The first-order chi connectivity index (χ1) is 9.57. The van der Waals surface area contributed by atoms with Crippen LogP contribution >= 0.6 is 11.6 Å². The normalized spacial score (nSPS) is 18.9. The standard InChI is InChI=1S/C13H15ClFNO4S/c1-13(2)4-3-5-16(13)21(19,20)8-6-9(12(17)18)11(14)10(15)7-8/h6-7H,3-5H2,1-2H3,(H,17,18). The fraction of sp³-hybridized carbons (Fsp3) is 0.462. The maximum absolute atomic E-state index is 13.7. The molecule has 0 aliphatic carbocycles. The van der Waals surface area contributed by atoms with Gasteiger partial charge in [-0.2, -0.15) is 4.31 Å². The molecule has 5 nitrogen and oxygen atoms in total. The number of benzene rings is 1. The predicted molar refractivity (Wildman–Crippen MR) is 75.6 cm³/mol. The number of nitrogens with zero attached hydrogens (tertiary/aromatic N) is 1. The summed E-state index contributed by atoms with van der Waals surface area (Å²) < 4.78 is 40.2. The molecule has 1 heterocycles. The molecule has 0 saturated carbocycles. The smallest absolute Gasteiger partial charge is 0.337 e. The molecule has 1 aromatic carbocycles. The SMILES string of the molecule is CC1(C)CCCN1S(=O)(=O)c1cc(F)c(Cl)c(C(=O)O)c1. The number of carboxylic acid groups (broad SMARTS) is 1. The van der Waals surface area contributed by atoms with Gasteiger partial charge in [0.1, 0.15) is 5.82 Å². The minimum atomic E-state index is -3.97. The van der Waals surface area contributed by atoms with Crippen molar-refractivity contribution < 1.29 is 22.7 Å². The summed E-state index contributed by atoms with van der Waals surface area (Å²) in [5.74, 6) is -2.54. The van der Waals surface area contributed by atoms with Crippen LogP contribution in [0, 0.1) is 5.82 Å². The van der Waals surface area contributed by atoms with E-state index in [0.29, 0.717) is 19.4 Å². The van der Waals surface area contributed by atoms with Crippen LogP contribution in [0.4, 0.5) is 4.39 Å². The zero-order valence-electron chi connectivity index (χ0n) is 11.6. The average molecular weight is 336 g/mol. The van der Waals surface area contributed by atoms with Crippen LogP contribution in [0.5, 0.6) is 0 Å². The second-order valence-electron chi connectivity index (χ2n) is 5.56. The van der Waals surface area contributed by atoms with Gasteiger partial charge in [0.25, 0.3) is 0 Å². The number of hydrogen-bond acceptors (Lipinski definition) is 3. The Labute approximate surface area is 127 Å². The molecule has 1 saturated heterocycles. The summed E-state index contributed by atoms with van der Waals surface area (Å²) in [4.78, 5) is 10.7. The summed E-state index contributed by atoms with van der Waals surface area (Å²) in [7, 11) is -3.97. The predicted octanol–water partition coefficient (Wildman–Crippen LogP) is 2.74. The van der Waals surface area contributed by atoms with Crippen LogP contribution in [0.25, 0.3) is 0 Å². The highest BCUT2D eigenvalue weighted by Gasteiger charge is 2.41. The maximum Gasteiger partial charge on any atom is 0.337 e. The van der Waals surface area contributed by atoms with Gasteiger partial charge in [0.05, 0.1) is 15.5 Å². The Morgan fingerprint density at radius 2 is 2.05 bits per heavy atom. The van der Waals surface area contributed by atoms with Crippen molar-refractivity contribution in [1.82, 2.24) is 4.31 Å². The lowest BCUT2D eigenvalue weighted by atomic mass is 10.0. The van der Waals surface area contributed by atoms with Crippen molar-refractivity contribution in [3.63, 3.8) is 0 Å². The van der Waals surface area contributed by atoms with Gasteiger partial charge in [-0.05, 0) is 38.8 Å². The van der Waals surface area contributed by atoms with E-state index < -0.39 is 42.8 Å². The average Bonchev–Trinajstić information content (AvgIpc) is 2.72. The molecule has 1 aliphatic heterocycles. The number of aromatic carboxylic acids is 1. The van der Waals surface area contributed by atoms with Crippen molar-refractivity contribution in [2.45, 2.75) is 37.1 Å². The Hall–Kier alpha value is -1.18. The first kappa shape index (κ1) is 16.2. The van der Waals surface area contributed by atoms with Crippen molar-refractivity contribution >= 4 is 27.6 Å². The van der Waals surface area contributed by atoms with E-state index in [1.807, 2.05) is 0 Å². The van der Waals surface area contributed by atoms with Crippen LogP contribution in [-0.2, 0) is 10.0 Å². The molecule has 0 radical (unpaired) electrons. The van der Waals surface area contributed by atoms with Crippen LogP contribution in [0.2, 0.25) is 5.02 Å². The largest absolute Gasteiger partial charge is 0.478 e. The summed E-state index contributed by atoms with van der Waals surface area (Å²) in [6.07, 6.45) is 1.39. The van der Waals surface area contributed by atoms with Crippen LogP contribution in [0.3, 0.4) is 0 Å². The van der Waals surface area contributed by atoms with Gasteiger partial charge in [0.2, 0.25) is 10.0 Å². The highest BCUT2D eigenvalue weighted by Crippen LogP contribution is 2.35. The summed E-state index contributed by atoms with van der Waals surface area (Å²) >= 11 is 5.56. The molecule has 0 amide bonds. The van der Waals surface area contributed by atoms with Crippen molar-refractivity contribution in [1.29, 1.82) is 0 Å². The fourth-order valence-corrected chi connectivity index (χ4v) is 4.60. The quantitative estimate of drug-likeness (QED) is 0.921. The van der Waals surface area contributed by atoms with Gasteiger partial charge < -0.3 is 5.11 Å². The molecular formula is C13H15ClFNO4S. The van der Waals surface area contributed by atoms with E-state index in [-0.39, 0.29) is 0 Å². The minimum absolute atomic E-state index is 0.321. The van der Waals surface area contributed by atoms with E-state index in [0.717, 1.165) is 12.1 Å². The summed E-state index contributed by atoms with van der Waals surface area (Å²) in [5.41, 5.74) is -1.15. The highest BCUT2D eigenvalue weighted by molar-refractivity contribution is 7.89.